The van der Waals surface area contributed by atoms with Crippen LogP contribution in [0.5, 0.6) is 0 Å². The van der Waals surface area contributed by atoms with E-state index < -0.39 is 0 Å². The highest BCUT2D eigenvalue weighted by atomic mass is 35.5. The Kier molecular flexibility index (Phi) is 3.71. The maximum Gasteiger partial charge on any atom is 0.0799 e. The summed E-state index contributed by atoms with van der Waals surface area (Å²) in [6, 6.07) is 1.89. The fourth-order valence-electron chi connectivity index (χ4n) is 1.76. The van der Waals surface area contributed by atoms with Crippen LogP contribution in [0.4, 0.5) is 0 Å². The second kappa shape index (κ2) is 5.25. The van der Waals surface area contributed by atoms with Gasteiger partial charge in [0.2, 0.25) is 0 Å². The van der Waals surface area contributed by atoms with Crippen molar-refractivity contribution in [3.8, 4) is 0 Å². The Morgan fingerprint density at radius 1 is 1.47 bits per heavy atom. The van der Waals surface area contributed by atoms with Crippen LogP contribution in [0.3, 0.4) is 0 Å². The van der Waals surface area contributed by atoms with Crippen molar-refractivity contribution in [2.24, 2.45) is 7.05 Å². The van der Waals surface area contributed by atoms with Gasteiger partial charge in [0.25, 0.3) is 0 Å². The number of hydrogen-bond acceptors (Lipinski definition) is 4. The Balaban J connectivity index is 2.43. The largest absolute Gasteiger partial charge is 0.305 e. The predicted molar refractivity (Wildman–Crippen MR) is 65.8 cm³/mol. The predicted octanol–water partition coefficient (Wildman–Crippen LogP) is 1.56. The quantitative estimate of drug-likeness (QED) is 0.896. The molecule has 2 aromatic heterocycles. The number of nitrogens with one attached hydrogen (secondary N) is 1. The molecule has 0 radical (unpaired) electrons. The number of aryl methyl sites for hydroxylation is 1. The van der Waals surface area contributed by atoms with Crippen molar-refractivity contribution in [2.75, 3.05) is 6.54 Å². The minimum absolute atomic E-state index is 0.0181. The molecule has 0 saturated heterocycles. The summed E-state index contributed by atoms with van der Waals surface area (Å²) in [5, 5.41) is 11.8. The first kappa shape index (κ1) is 12.0. The molecule has 0 aliphatic rings. The lowest BCUT2D eigenvalue weighted by Crippen LogP contribution is -2.24. The minimum Gasteiger partial charge on any atom is -0.305 e. The second-order valence-electron chi connectivity index (χ2n) is 3.67. The zero-order valence-electron chi connectivity index (χ0n) is 9.76. The van der Waals surface area contributed by atoms with E-state index in [4.69, 9.17) is 11.6 Å². The lowest BCUT2D eigenvalue weighted by Gasteiger charge is -2.18. The van der Waals surface area contributed by atoms with Crippen LogP contribution in [0.15, 0.2) is 24.7 Å². The van der Waals surface area contributed by atoms with Crippen LogP contribution >= 0.6 is 11.6 Å². The molecule has 6 heteroatoms. The molecule has 2 aromatic rings. The molecule has 5 nitrogen and oxygen atoms in total. The van der Waals surface area contributed by atoms with Gasteiger partial charge in [-0.1, -0.05) is 23.7 Å². The highest BCUT2D eigenvalue weighted by Crippen LogP contribution is 2.26. The summed E-state index contributed by atoms with van der Waals surface area (Å²) in [7, 11) is 1.86. The van der Waals surface area contributed by atoms with Gasteiger partial charge in [-0.2, -0.15) is 0 Å². The normalized spacial score (nSPS) is 12.6. The molecule has 0 aliphatic heterocycles. The molecule has 1 unspecified atom stereocenters. The van der Waals surface area contributed by atoms with Crippen molar-refractivity contribution in [2.45, 2.75) is 13.0 Å². The molecular formula is C11H14ClN5. The van der Waals surface area contributed by atoms with Gasteiger partial charge in [-0.05, 0) is 18.2 Å². The first-order valence-corrected chi connectivity index (χ1v) is 5.79. The highest BCUT2D eigenvalue weighted by molar-refractivity contribution is 6.31. The molecule has 17 heavy (non-hydrogen) atoms. The topological polar surface area (TPSA) is 55.6 Å². The molecule has 0 aromatic carbocycles. The van der Waals surface area contributed by atoms with Crippen molar-refractivity contribution in [3.63, 3.8) is 0 Å². The number of pyridine rings is 1. The molecule has 0 bridgehead atoms. The van der Waals surface area contributed by atoms with E-state index in [2.05, 4.69) is 20.6 Å². The van der Waals surface area contributed by atoms with Crippen LogP contribution < -0.4 is 5.32 Å². The fourth-order valence-corrected chi connectivity index (χ4v) is 1.99. The molecule has 2 rings (SSSR count). The van der Waals surface area contributed by atoms with Crippen LogP contribution in [0.25, 0.3) is 0 Å². The molecule has 90 valence electrons. The zero-order chi connectivity index (χ0) is 12.3. The average Bonchev–Trinajstić information content (AvgIpc) is 2.74. The summed E-state index contributed by atoms with van der Waals surface area (Å²) in [5.74, 6) is 0. The van der Waals surface area contributed by atoms with E-state index >= 15 is 0 Å². The van der Waals surface area contributed by atoms with E-state index in [1.807, 2.05) is 20.0 Å². The van der Waals surface area contributed by atoms with E-state index in [9.17, 15) is 0 Å². The van der Waals surface area contributed by atoms with Gasteiger partial charge in [-0.15, -0.1) is 5.10 Å². The summed E-state index contributed by atoms with van der Waals surface area (Å²) in [6.07, 6.45) is 5.12. The third-order valence-electron chi connectivity index (χ3n) is 2.57. The standard InChI is InChI=1S/C11H14ClN5/c1-3-14-11(10-7-15-16-17(10)2)8-4-5-13-6-9(8)12/h4-7,11,14H,3H2,1-2H3. The molecule has 0 spiro atoms. The van der Waals surface area contributed by atoms with Crippen molar-refractivity contribution in [3.05, 3.63) is 40.9 Å². The zero-order valence-corrected chi connectivity index (χ0v) is 10.5. The van der Waals surface area contributed by atoms with E-state index in [0.717, 1.165) is 17.8 Å². The summed E-state index contributed by atoms with van der Waals surface area (Å²) < 4.78 is 1.74. The molecule has 0 fully saturated rings. The molecule has 0 amide bonds. The van der Waals surface area contributed by atoms with Crippen LogP contribution in [-0.2, 0) is 7.05 Å². The lowest BCUT2D eigenvalue weighted by atomic mass is 10.1. The summed E-state index contributed by atoms with van der Waals surface area (Å²) in [6.45, 7) is 2.88. The Morgan fingerprint density at radius 2 is 2.29 bits per heavy atom. The van der Waals surface area contributed by atoms with Crippen molar-refractivity contribution >= 4 is 11.6 Å². The van der Waals surface area contributed by atoms with Crippen molar-refractivity contribution < 1.29 is 0 Å². The van der Waals surface area contributed by atoms with Crippen LogP contribution in [0, 0.1) is 0 Å². The molecule has 0 saturated carbocycles. The van der Waals surface area contributed by atoms with E-state index in [1.54, 1.807) is 23.3 Å². The first-order chi connectivity index (χ1) is 8.24. The monoisotopic (exact) mass is 251 g/mol. The van der Waals surface area contributed by atoms with Crippen molar-refractivity contribution in [1.82, 2.24) is 25.3 Å². The van der Waals surface area contributed by atoms with Gasteiger partial charge in [0.1, 0.15) is 0 Å². The Morgan fingerprint density at radius 3 is 2.88 bits per heavy atom. The summed E-state index contributed by atoms with van der Waals surface area (Å²) in [5.41, 5.74) is 1.95. The number of hydrogen-bond donors (Lipinski definition) is 1. The molecule has 0 aliphatic carbocycles. The average molecular weight is 252 g/mol. The van der Waals surface area contributed by atoms with Crippen LogP contribution in [-0.4, -0.2) is 26.5 Å². The summed E-state index contributed by atoms with van der Waals surface area (Å²) >= 11 is 6.17. The van der Waals surface area contributed by atoms with E-state index in [-0.39, 0.29) is 6.04 Å². The van der Waals surface area contributed by atoms with Gasteiger partial charge < -0.3 is 5.32 Å². The number of nitrogens with zero attached hydrogens (tertiary/aromatic N) is 4. The Labute approximate surface area is 105 Å². The SMILES string of the molecule is CCNC(c1ccncc1Cl)c1cnnn1C. The molecule has 1 N–H and O–H groups in total. The molecular weight excluding hydrogens is 238 g/mol. The van der Waals surface area contributed by atoms with Crippen LogP contribution in [0.2, 0.25) is 5.02 Å². The maximum absolute atomic E-state index is 6.17. The number of rotatable bonds is 4. The summed E-state index contributed by atoms with van der Waals surface area (Å²) in [4.78, 5) is 3.99. The molecule has 1 atom stereocenters. The van der Waals surface area contributed by atoms with Gasteiger partial charge in [0, 0.05) is 19.4 Å². The smallest absolute Gasteiger partial charge is 0.0799 e. The van der Waals surface area contributed by atoms with Gasteiger partial charge in [0.15, 0.2) is 0 Å². The fraction of sp³-hybridized carbons (Fsp3) is 0.364. The maximum atomic E-state index is 6.17. The third-order valence-corrected chi connectivity index (χ3v) is 2.88. The van der Waals surface area contributed by atoms with Crippen molar-refractivity contribution in [1.29, 1.82) is 0 Å². The van der Waals surface area contributed by atoms with E-state index in [1.165, 1.54) is 0 Å². The molecule has 2 heterocycles. The van der Waals surface area contributed by atoms with Gasteiger partial charge >= 0.3 is 0 Å². The first-order valence-electron chi connectivity index (χ1n) is 5.41. The minimum atomic E-state index is -0.0181. The Hall–Kier alpha value is -1.46. The number of halogens is 1. The number of aromatic nitrogens is 4. The highest BCUT2D eigenvalue weighted by Gasteiger charge is 2.19. The van der Waals surface area contributed by atoms with Crippen LogP contribution in [0.1, 0.15) is 24.2 Å². The van der Waals surface area contributed by atoms with Gasteiger partial charge in [0.05, 0.1) is 23.0 Å². The third kappa shape index (κ3) is 2.45. The van der Waals surface area contributed by atoms with Gasteiger partial charge in [-0.3, -0.25) is 9.67 Å². The van der Waals surface area contributed by atoms with E-state index in [0.29, 0.717) is 5.02 Å². The Bertz CT molecular complexity index is 496. The lowest BCUT2D eigenvalue weighted by molar-refractivity contribution is 0.568. The second-order valence-corrected chi connectivity index (χ2v) is 4.08. The van der Waals surface area contributed by atoms with Gasteiger partial charge in [-0.25, -0.2) is 0 Å².